The minimum atomic E-state index is -0.578. The highest BCUT2D eigenvalue weighted by Crippen LogP contribution is 2.41. The van der Waals surface area contributed by atoms with Gasteiger partial charge < -0.3 is 25.0 Å². The molecule has 2 aliphatic rings. The second-order valence-corrected chi connectivity index (χ2v) is 10.4. The number of fused-ring (bicyclic) bond motifs is 2. The lowest BCUT2D eigenvalue weighted by atomic mass is 9.70. The van der Waals surface area contributed by atoms with Crippen LogP contribution in [0.4, 0.5) is 4.79 Å². The highest BCUT2D eigenvalue weighted by atomic mass is 16.6. The van der Waals surface area contributed by atoms with Crippen molar-refractivity contribution < 1.29 is 19.1 Å². The van der Waals surface area contributed by atoms with E-state index < -0.39 is 11.7 Å². The third kappa shape index (κ3) is 5.95. The molecule has 2 aromatic heterocycles. The van der Waals surface area contributed by atoms with Crippen LogP contribution in [0.5, 0.6) is 5.88 Å². The maximum absolute atomic E-state index is 13.3. The normalized spacial score (nSPS) is 16.8. The predicted octanol–water partition coefficient (Wildman–Crippen LogP) is 3.42. The van der Waals surface area contributed by atoms with Gasteiger partial charge in [-0.2, -0.15) is 0 Å². The first-order valence-corrected chi connectivity index (χ1v) is 12.7. The Morgan fingerprint density at radius 2 is 1.97 bits per heavy atom. The van der Waals surface area contributed by atoms with Crippen LogP contribution in [0.1, 0.15) is 58.2 Å². The van der Waals surface area contributed by atoms with E-state index in [-0.39, 0.29) is 24.3 Å². The van der Waals surface area contributed by atoms with Gasteiger partial charge in [0.2, 0.25) is 11.8 Å². The average molecular weight is 496 g/mol. The molecule has 0 saturated carbocycles. The van der Waals surface area contributed by atoms with Crippen LogP contribution >= 0.6 is 0 Å². The summed E-state index contributed by atoms with van der Waals surface area (Å²) in [6.07, 6.45) is 3.29. The van der Waals surface area contributed by atoms with Gasteiger partial charge in [-0.15, -0.1) is 0 Å². The third-order valence-corrected chi connectivity index (χ3v) is 6.63. The van der Waals surface area contributed by atoms with E-state index in [4.69, 9.17) is 14.5 Å². The molecule has 1 fully saturated rings. The molecule has 9 heteroatoms. The van der Waals surface area contributed by atoms with Gasteiger partial charge in [-0.05, 0) is 77.4 Å². The fraction of sp³-hybridized carbons (Fsp3) is 0.556. The van der Waals surface area contributed by atoms with Gasteiger partial charge in [0.25, 0.3) is 0 Å². The molecule has 1 spiro atoms. The van der Waals surface area contributed by atoms with Crippen LogP contribution in [-0.4, -0.2) is 65.3 Å². The minimum Gasteiger partial charge on any atom is -0.477 e. The molecule has 4 rings (SSSR count). The van der Waals surface area contributed by atoms with Gasteiger partial charge in [-0.25, -0.2) is 9.78 Å². The summed E-state index contributed by atoms with van der Waals surface area (Å²) in [7, 11) is 0. The molecule has 0 aliphatic carbocycles. The van der Waals surface area contributed by atoms with Crippen molar-refractivity contribution in [3.63, 3.8) is 0 Å². The third-order valence-electron chi connectivity index (χ3n) is 6.63. The van der Waals surface area contributed by atoms with Crippen molar-refractivity contribution in [2.45, 2.75) is 64.5 Å². The predicted molar refractivity (Wildman–Crippen MR) is 137 cm³/mol. The maximum atomic E-state index is 13.3. The van der Waals surface area contributed by atoms with Crippen molar-refractivity contribution >= 4 is 12.0 Å². The Balaban J connectivity index is 1.55. The second kappa shape index (κ2) is 10.8. The van der Waals surface area contributed by atoms with Crippen LogP contribution in [0.2, 0.25) is 0 Å². The van der Waals surface area contributed by atoms with Crippen molar-refractivity contribution in [1.82, 2.24) is 25.5 Å². The molecule has 0 bridgehead atoms. The van der Waals surface area contributed by atoms with Gasteiger partial charge >= 0.3 is 6.09 Å². The summed E-state index contributed by atoms with van der Waals surface area (Å²) in [5.74, 6) is 0.555. The average Bonchev–Trinajstić information content (AvgIpc) is 2.83. The highest BCUT2D eigenvalue weighted by Gasteiger charge is 2.42. The molecular weight excluding hydrogens is 458 g/mol. The summed E-state index contributed by atoms with van der Waals surface area (Å²) in [5.41, 5.74) is 3.06. The molecule has 2 aliphatic heterocycles. The lowest BCUT2D eigenvalue weighted by Crippen LogP contribution is -2.53. The van der Waals surface area contributed by atoms with E-state index in [2.05, 4.69) is 21.7 Å². The smallest absolute Gasteiger partial charge is 0.407 e. The van der Waals surface area contributed by atoms with E-state index in [1.54, 1.807) is 6.20 Å². The zero-order valence-electron chi connectivity index (χ0n) is 21.7. The zero-order chi connectivity index (χ0) is 25.8. The Morgan fingerprint density at radius 1 is 1.19 bits per heavy atom. The van der Waals surface area contributed by atoms with Gasteiger partial charge in [0.1, 0.15) is 5.60 Å². The van der Waals surface area contributed by atoms with Crippen molar-refractivity contribution in [1.29, 1.82) is 0 Å². The number of carbonyl (C=O) groups excluding carboxylic acids is 2. The number of hydrogen-bond donors (Lipinski definition) is 2. The maximum Gasteiger partial charge on any atom is 0.407 e. The first kappa shape index (κ1) is 25.9. The minimum absolute atomic E-state index is 0.00166. The molecule has 0 aromatic carbocycles. The molecule has 4 heterocycles. The summed E-state index contributed by atoms with van der Waals surface area (Å²) >= 11 is 0. The largest absolute Gasteiger partial charge is 0.477 e. The summed E-state index contributed by atoms with van der Waals surface area (Å²) in [5, 5.41) is 6.14. The van der Waals surface area contributed by atoms with Crippen LogP contribution in [0.15, 0.2) is 30.5 Å². The second-order valence-electron chi connectivity index (χ2n) is 10.4. The standard InChI is InChI=1S/C27H37N5O4/c1-5-35-24-19(7-6-13-29-24)21-9-8-20-22(31-21)17-32(18-27(20)11-15-28-16-12-27)23(33)10-14-30-25(34)36-26(2,3)4/h6-9,13,28H,5,10-12,14-18H2,1-4H3,(H,30,34). The molecule has 1 saturated heterocycles. The van der Waals surface area contributed by atoms with Crippen LogP contribution in [0.3, 0.4) is 0 Å². The van der Waals surface area contributed by atoms with Crippen molar-refractivity contribution in [3.8, 4) is 17.1 Å². The van der Waals surface area contributed by atoms with Gasteiger partial charge in [-0.1, -0.05) is 6.07 Å². The van der Waals surface area contributed by atoms with E-state index >= 15 is 0 Å². The van der Waals surface area contributed by atoms with Crippen LogP contribution < -0.4 is 15.4 Å². The van der Waals surface area contributed by atoms with E-state index in [0.29, 0.717) is 25.6 Å². The van der Waals surface area contributed by atoms with Gasteiger partial charge in [0.05, 0.1) is 30.1 Å². The van der Waals surface area contributed by atoms with Crippen LogP contribution in [0.25, 0.3) is 11.3 Å². The number of aromatic nitrogens is 2. The molecule has 0 atom stereocenters. The van der Waals surface area contributed by atoms with E-state index in [0.717, 1.165) is 42.9 Å². The monoisotopic (exact) mass is 495 g/mol. The van der Waals surface area contributed by atoms with Crippen LogP contribution in [0, 0.1) is 0 Å². The van der Waals surface area contributed by atoms with E-state index in [9.17, 15) is 9.59 Å². The summed E-state index contributed by atoms with van der Waals surface area (Å²) in [4.78, 5) is 36.5. The molecule has 2 amide bonds. The van der Waals surface area contributed by atoms with E-state index in [1.165, 1.54) is 5.56 Å². The Hall–Kier alpha value is -3.20. The number of nitrogens with one attached hydrogen (secondary N) is 2. The lowest BCUT2D eigenvalue weighted by molar-refractivity contribution is -0.133. The number of carbonyl (C=O) groups is 2. The van der Waals surface area contributed by atoms with E-state index in [1.807, 2.05) is 50.8 Å². The first-order chi connectivity index (χ1) is 17.2. The lowest BCUT2D eigenvalue weighted by Gasteiger charge is -2.46. The summed E-state index contributed by atoms with van der Waals surface area (Å²) in [6, 6.07) is 8.06. The SMILES string of the molecule is CCOc1ncccc1-c1ccc2c(n1)CN(C(=O)CCNC(=O)OC(C)(C)C)CC21CCNCC1. The Bertz CT molecular complexity index is 1090. The van der Waals surface area contributed by atoms with Crippen molar-refractivity contribution in [2.24, 2.45) is 0 Å². The Labute approximate surface area is 213 Å². The van der Waals surface area contributed by atoms with Crippen LogP contribution in [-0.2, 0) is 21.5 Å². The molecule has 0 radical (unpaired) electrons. The Morgan fingerprint density at radius 3 is 2.69 bits per heavy atom. The fourth-order valence-corrected chi connectivity index (χ4v) is 5.03. The summed E-state index contributed by atoms with van der Waals surface area (Å²) in [6.45, 7) is 11.0. The van der Waals surface area contributed by atoms with Gasteiger partial charge in [0.15, 0.2) is 0 Å². The molecule has 0 unspecified atom stereocenters. The number of ether oxygens (including phenoxy) is 2. The quantitative estimate of drug-likeness (QED) is 0.633. The van der Waals surface area contributed by atoms with Crippen molar-refractivity contribution in [2.75, 3.05) is 32.8 Å². The van der Waals surface area contributed by atoms with Crippen molar-refractivity contribution in [3.05, 3.63) is 41.7 Å². The first-order valence-electron chi connectivity index (χ1n) is 12.7. The number of piperidine rings is 1. The topological polar surface area (TPSA) is 106 Å². The number of nitrogens with zero attached hydrogens (tertiary/aromatic N) is 3. The number of amides is 2. The molecule has 36 heavy (non-hydrogen) atoms. The zero-order valence-corrected chi connectivity index (χ0v) is 21.7. The van der Waals surface area contributed by atoms with Gasteiger partial charge in [0, 0.05) is 31.1 Å². The molecular formula is C27H37N5O4. The summed E-state index contributed by atoms with van der Waals surface area (Å²) < 4.78 is 11.0. The fourth-order valence-electron chi connectivity index (χ4n) is 5.03. The molecule has 2 N–H and O–H groups in total. The number of pyridine rings is 2. The highest BCUT2D eigenvalue weighted by molar-refractivity contribution is 5.78. The number of alkyl carbamates (subject to hydrolysis) is 1. The molecule has 194 valence electrons. The Kier molecular flexibility index (Phi) is 7.78. The van der Waals surface area contributed by atoms with Gasteiger partial charge in [-0.3, -0.25) is 9.78 Å². The molecule has 2 aromatic rings. The molecule has 9 nitrogen and oxygen atoms in total. The number of hydrogen-bond acceptors (Lipinski definition) is 7. The number of rotatable bonds is 6.